The van der Waals surface area contributed by atoms with Gasteiger partial charge in [-0.2, -0.15) is 0 Å². The molecule has 0 fully saturated rings. The molecule has 2 heterocycles. The van der Waals surface area contributed by atoms with Crippen LogP contribution in [-0.2, 0) is 24.3 Å². The third kappa shape index (κ3) is 6.02. The van der Waals surface area contributed by atoms with Crippen LogP contribution < -0.4 is 15.5 Å². The van der Waals surface area contributed by atoms with E-state index < -0.39 is 0 Å². The van der Waals surface area contributed by atoms with Gasteiger partial charge < -0.3 is 24.7 Å². The van der Waals surface area contributed by atoms with E-state index in [2.05, 4.69) is 47.7 Å². The molecule has 0 amide bonds. The highest BCUT2D eigenvalue weighted by molar-refractivity contribution is 5.79. The van der Waals surface area contributed by atoms with Gasteiger partial charge in [-0.3, -0.25) is 0 Å². The van der Waals surface area contributed by atoms with Crippen molar-refractivity contribution < 1.29 is 9.15 Å². The molecule has 1 aliphatic heterocycles. The molecular weight excluding hydrogens is 352 g/mol. The SMILES string of the molecule is CCNC(=NCc1ccc2c(c1)CCCN2C)NCCCOCc1ccco1. The van der Waals surface area contributed by atoms with Gasteiger partial charge in [0.15, 0.2) is 5.96 Å². The first-order valence-corrected chi connectivity index (χ1v) is 10.2. The zero-order valence-electron chi connectivity index (χ0n) is 17.0. The predicted molar refractivity (Wildman–Crippen MR) is 114 cm³/mol. The van der Waals surface area contributed by atoms with E-state index in [0.29, 0.717) is 19.8 Å². The summed E-state index contributed by atoms with van der Waals surface area (Å²) in [6.45, 7) is 6.78. The molecule has 0 unspecified atom stereocenters. The fraction of sp³-hybridized carbons (Fsp3) is 0.500. The summed E-state index contributed by atoms with van der Waals surface area (Å²) >= 11 is 0. The lowest BCUT2D eigenvalue weighted by Crippen LogP contribution is -2.38. The number of aliphatic imine (C=N–C) groups is 1. The number of nitrogens with one attached hydrogen (secondary N) is 2. The van der Waals surface area contributed by atoms with E-state index in [4.69, 9.17) is 14.1 Å². The highest BCUT2D eigenvalue weighted by Crippen LogP contribution is 2.26. The summed E-state index contributed by atoms with van der Waals surface area (Å²) < 4.78 is 10.9. The zero-order chi connectivity index (χ0) is 19.6. The molecule has 1 aliphatic rings. The highest BCUT2D eigenvalue weighted by Gasteiger charge is 2.13. The van der Waals surface area contributed by atoms with Crippen LogP contribution in [-0.4, -0.2) is 39.2 Å². The summed E-state index contributed by atoms with van der Waals surface area (Å²) in [5.41, 5.74) is 4.06. The van der Waals surface area contributed by atoms with Crippen LogP contribution in [0.3, 0.4) is 0 Å². The number of fused-ring (bicyclic) bond motifs is 1. The van der Waals surface area contributed by atoms with Crippen LogP contribution in [0.1, 0.15) is 36.7 Å². The number of guanidine groups is 1. The van der Waals surface area contributed by atoms with Gasteiger partial charge in [-0.05, 0) is 55.5 Å². The van der Waals surface area contributed by atoms with Gasteiger partial charge >= 0.3 is 0 Å². The van der Waals surface area contributed by atoms with Crippen molar-refractivity contribution in [2.45, 2.75) is 39.3 Å². The van der Waals surface area contributed by atoms with Crippen molar-refractivity contribution >= 4 is 11.6 Å². The van der Waals surface area contributed by atoms with Crippen LogP contribution >= 0.6 is 0 Å². The lowest BCUT2D eigenvalue weighted by molar-refractivity contribution is 0.105. The van der Waals surface area contributed by atoms with E-state index >= 15 is 0 Å². The Morgan fingerprint density at radius 3 is 3.04 bits per heavy atom. The first-order valence-electron chi connectivity index (χ1n) is 10.2. The number of nitrogens with zero attached hydrogens (tertiary/aromatic N) is 2. The summed E-state index contributed by atoms with van der Waals surface area (Å²) in [6.07, 6.45) is 4.96. The van der Waals surface area contributed by atoms with Crippen molar-refractivity contribution in [2.75, 3.05) is 38.2 Å². The number of furan rings is 1. The van der Waals surface area contributed by atoms with Crippen molar-refractivity contribution in [3.05, 3.63) is 53.5 Å². The average Bonchev–Trinajstić information content (AvgIpc) is 3.22. The maximum absolute atomic E-state index is 5.61. The molecule has 6 nitrogen and oxygen atoms in total. The first-order chi connectivity index (χ1) is 13.8. The van der Waals surface area contributed by atoms with Crippen LogP contribution in [0.4, 0.5) is 5.69 Å². The van der Waals surface area contributed by atoms with Gasteiger partial charge in [0.1, 0.15) is 12.4 Å². The lowest BCUT2D eigenvalue weighted by Gasteiger charge is -2.27. The molecule has 1 aromatic heterocycles. The third-order valence-electron chi connectivity index (χ3n) is 4.84. The van der Waals surface area contributed by atoms with E-state index in [1.807, 2.05) is 12.1 Å². The smallest absolute Gasteiger partial charge is 0.191 e. The van der Waals surface area contributed by atoms with Crippen LogP contribution in [0.25, 0.3) is 0 Å². The van der Waals surface area contributed by atoms with Gasteiger partial charge in [-0.25, -0.2) is 4.99 Å². The fourth-order valence-electron chi connectivity index (χ4n) is 3.40. The highest BCUT2D eigenvalue weighted by atomic mass is 16.5. The number of benzene rings is 1. The Bertz CT molecular complexity index is 743. The topological polar surface area (TPSA) is 62.0 Å². The number of hydrogen-bond acceptors (Lipinski definition) is 4. The molecule has 0 spiro atoms. The molecule has 2 aromatic rings. The largest absolute Gasteiger partial charge is 0.467 e. The van der Waals surface area contributed by atoms with Crippen molar-refractivity contribution in [1.29, 1.82) is 0 Å². The van der Waals surface area contributed by atoms with Gasteiger partial charge in [0, 0.05) is 39.0 Å². The number of ether oxygens (including phenoxy) is 1. The predicted octanol–water partition coefficient (Wildman–Crippen LogP) is 3.32. The van der Waals surface area contributed by atoms with Gasteiger partial charge in [-0.1, -0.05) is 12.1 Å². The van der Waals surface area contributed by atoms with Crippen molar-refractivity contribution in [3.63, 3.8) is 0 Å². The number of hydrogen-bond donors (Lipinski definition) is 2. The molecule has 0 saturated heterocycles. The van der Waals surface area contributed by atoms with Gasteiger partial charge in [0.2, 0.25) is 0 Å². The van der Waals surface area contributed by atoms with Crippen LogP contribution in [0.15, 0.2) is 46.0 Å². The minimum Gasteiger partial charge on any atom is -0.467 e. The number of anilines is 1. The number of rotatable bonds is 9. The normalized spacial score (nSPS) is 14.1. The molecule has 0 radical (unpaired) electrons. The van der Waals surface area contributed by atoms with E-state index in [1.54, 1.807) is 6.26 Å². The second-order valence-corrected chi connectivity index (χ2v) is 7.10. The Labute approximate surface area is 168 Å². The molecule has 1 aromatic carbocycles. The van der Waals surface area contributed by atoms with Crippen molar-refractivity contribution in [3.8, 4) is 0 Å². The van der Waals surface area contributed by atoms with E-state index in [1.165, 1.54) is 23.2 Å². The summed E-state index contributed by atoms with van der Waals surface area (Å²) in [5, 5.41) is 6.69. The maximum Gasteiger partial charge on any atom is 0.191 e. The molecule has 3 rings (SSSR count). The third-order valence-corrected chi connectivity index (χ3v) is 4.84. The van der Waals surface area contributed by atoms with Crippen LogP contribution in [0, 0.1) is 0 Å². The molecule has 0 aliphatic carbocycles. The molecule has 0 atom stereocenters. The Morgan fingerprint density at radius 2 is 2.21 bits per heavy atom. The average molecular weight is 385 g/mol. The molecule has 28 heavy (non-hydrogen) atoms. The zero-order valence-corrected chi connectivity index (χ0v) is 17.0. The van der Waals surface area contributed by atoms with Crippen molar-refractivity contribution in [2.24, 2.45) is 4.99 Å². The first kappa shape index (κ1) is 20.3. The summed E-state index contributed by atoms with van der Waals surface area (Å²) in [7, 11) is 2.17. The molecule has 0 saturated carbocycles. The summed E-state index contributed by atoms with van der Waals surface area (Å²) in [5.74, 6) is 1.71. The summed E-state index contributed by atoms with van der Waals surface area (Å²) in [4.78, 5) is 7.07. The van der Waals surface area contributed by atoms with Gasteiger partial charge in [0.05, 0.1) is 12.8 Å². The molecule has 0 bridgehead atoms. The second-order valence-electron chi connectivity index (χ2n) is 7.10. The lowest BCUT2D eigenvalue weighted by atomic mass is 10.00. The molecular formula is C22H32N4O2. The van der Waals surface area contributed by atoms with E-state index in [9.17, 15) is 0 Å². The van der Waals surface area contributed by atoms with Crippen LogP contribution in [0.2, 0.25) is 0 Å². The van der Waals surface area contributed by atoms with Crippen LogP contribution in [0.5, 0.6) is 0 Å². The minimum absolute atomic E-state index is 0.522. The van der Waals surface area contributed by atoms with Gasteiger partial charge in [-0.15, -0.1) is 0 Å². The van der Waals surface area contributed by atoms with E-state index in [0.717, 1.165) is 44.2 Å². The Morgan fingerprint density at radius 1 is 1.29 bits per heavy atom. The standard InChI is InChI=1S/C22H32N4O2/c1-3-23-22(24-11-6-13-27-17-20-8-5-14-28-20)25-16-18-9-10-21-19(15-18)7-4-12-26(21)2/h5,8-10,14-15H,3-4,6-7,11-13,16-17H2,1-2H3,(H2,23,24,25). The minimum atomic E-state index is 0.522. The summed E-state index contributed by atoms with van der Waals surface area (Å²) in [6, 6.07) is 10.5. The quantitative estimate of drug-likeness (QED) is 0.394. The van der Waals surface area contributed by atoms with E-state index in [-0.39, 0.29) is 0 Å². The van der Waals surface area contributed by atoms with Gasteiger partial charge in [0.25, 0.3) is 0 Å². The Kier molecular flexibility index (Phi) is 7.79. The fourth-order valence-corrected chi connectivity index (χ4v) is 3.40. The molecule has 6 heteroatoms. The number of aryl methyl sites for hydroxylation is 1. The molecule has 2 N–H and O–H groups in total. The second kappa shape index (κ2) is 10.8. The Balaban J connectivity index is 1.43. The monoisotopic (exact) mass is 384 g/mol. The molecule has 152 valence electrons. The Hall–Kier alpha value is -2.47. The maximum atomic E-state index is 5.61. The van der Waals surface area contributed by atoms with Crippen molar-refractivity contribution in [1.82, 2.24) is 10.6 Å².